The van der Waals surface area contributed by atoms with Crippen molar-refractivity contribution in [2.75, 3.05) is 13.2 Å². The first-order chi connectivity index (χ1) is 10.6. The lowest BCUT2D eigenvalue weighted by Crippen LogP contribution is -2.31. The van der Waals surface area contributed by atoms with Crippen LogP contribution in [0.2, 0.25) is 10.0 Å². The second-order valence-corrected chi connectivity index (χ2v) is 5.89. The van der Waals surface area contributed by atoms with Crippen LogP contribution in [0.1, 0.15) is 23.3 Å². The fourth-order valence-electron chi connectivity index (χ4n) is 2.30. The van der Waals surface area contributed by atoms with E-state index in [4.69, 9.17) is 32.5 Å². The highest BCUT2D eigenvalue weighted by atomic mass is 35.5. The zero-order valence-corrected chi connectivity index (χ0v) is 13.2. The Hall–Kier alpha value is -1.56. The Morgan fingerprint density at radius 2 is 2.23 bits per heavy atom. The largest absolute Gasteiger partial charge is 0.376 e. The van der Waals surface area contributed by atoms with Crippen LogP contribution in [-0.2, 0) is 4.74 Å². The quantitative estimate of drug-likeness (QED) is 0.924. The Morgan fingerprint density at radius 3 is 2.95 bits per heavy atom. The number of nitrogens with one attached hydrogen (secondary N) is 1. The van der Waals surface area contributed by atoms with Crippen LogP contribution in [-0.4, -0.2) is 30.3 Å². The van der Waals surface area contributed by atoms with Gasteiger partial charge in [-0.05, 0) is 31.0 Å². The Kier molecular flexibility index (Phi) is 4.66. The monoisotopic (exact) mass is 340 g/mol. The van der Waals surface area contributed by atoms with E-state index in [1.165, 1.54) is 0 Å². The molecule has 1 aliphatic rings. The molecule has 3 rings (SSSR count). The molecule has 1 aliphatic heterocycles. The molecule has 22 heavy (non-hydrogen) atoms. The molecule has 1 aromatic heterocycles. The molecule has 2 heterocycles. The number of hydrogen-bond donors (Lipinski definition) is 1. The number of carbonyl (C=O) groups is 1. The molecule has 116 valence electrons. The number of halogens is 2. The summed E-state index contributed by atoms with van der Waals surface area (Å²) in [6.07, 6.45) is 2.08. The third kappa shape index (κ3) is 3.43. The van der Waals surface area contributed by atoms with E-state index in [9.17, 15) is 4.79 Å². The van der Waals surface area contributed by atoms with Crippen molar-refractivity contribution in [2.45, 2.75) is 18.9 Å². The average Bonchev–Trinajstić information content (AvgIpc) is 3.16. The number of benzene rings is 1. The van der Waals surface area contributed by atoms with Crippen molar-refractivity contribution < 1.29 is 14.1 Å². The van der Waals surface area contributed by atoms with E-state index in [-0.39, 0.29) is 17.7 Å². The number of hydrogen-bond acceptors (Lipinski definition) is 4. The Bertz CT molecular complexity index is 681. The minimum atomic E-state index is -0.296. The Labute approximate surface area is 137 Å². The number of nitrogens with zero attached hydrogens (tertiary/aromatic N) is 1. The SMILES string of the molecule is O=C(NC[C@@H]1CCCO1)c1cc(-c2ccc(Cl)cc2Cl)on1. The summed E-state index contributed by atoms with van der Waals surface area (Å²) in [5.74, 6) is 0.125. The summed E-state index contributed by atoms with van der Waals surface area (Å²) < 4.78 is 10.6. The molecule has 1 aromatic carbocycles. The van der Waals surface area contributed by atoms with Gasteiger partial charge in [0.1, 0.15) is 0 Å². The van der Waals surface area contributed by atoms with E-state index >= 15 is 0 Å². The topological polar surface area (TPSA) is 64.4 Å². The summed E-state index contributed by atoms with van der Waals surface area (Å²) in [4.78, 5) is 12.0. The zero-order valence-electron chi connectivity index (χ0n) is 11.6. The lowest BCUT2D eigenvalue weighted by molar-refractivity contribution is 0.0850. The highest BCUT2D eigenvalue weighted by Crippen LogP contribution is 2.30. The normalized spacial score (nSPS) is 17.6. The van der Waals surface area contributed by atoms with Gasteiger partial charge in [0.05, 0.1) is 11.1 Å². The summed E-state index contributed by atoms with van der Waals surface area (Å²) in [7, 11) is 0. The van der Waals surface area contributed by atoms with E-state index < -0.39 is 0 Å². The fourth-order valence-corrected chi connectivity index (χ4v) is 2.80. The molecule has 1 saturated heterocycles. The molecule has 1 atom stereocenters. The molecule has 0 unspecified atom stereocenters. The molecule has 5 nitrogen and oxygen atoms in total. The Balaban J connectivity index is 1.68. The van der Waals surface area contributed by atoms with Gasteiger partial charge in [-0.1, -0.05) is 28.4 Å². The maximum absolute atomic E-state index is 12.0. The molecule has 7 heteroatoms. The first-order valence-electron chi connectivity index (χ1n) is 6.95. The van der Waals surface area contributed by atoms with Crippen LogP contribution in [0.5, 0.6) is 0 Å². The van der Waals surface area contributed by atoms with Crippen molar-refractivity contribution in [1.29, 1.82) is 0 Å². The predicted molar refractivity (Wildman–Crippen MR) is 83.3 cm³/mol. The second-order valence-electron chi connectivity index (χ2n) is 5.05. The summed E-state index contributed by atoms with van der Waals surface area (Å²) in [5.41, 5.74) is 0.843. The molecule has 0 bridgehead atoms. The molecule has 1 amide bonds. The van der Waals surface area contributed by atoms with Crippen molar-refractivity contribution in [3.63, 3.8) is 0 Å². The highest BCUT2D eigenvalue weighted by Gasteiger charge is 2.19. The smallest absolute Gasteiger partial charge is 0.273 e. The van der Waals surface area contributed by atoms with Gasteiger partial charge in [-0.15, -0.1) is 0 Å². The second kappa shape index (κ2) is 6.69. The lowest BCUT2D eigenvalue weighted by Gasteiger charge is -2.09. The number of ether oxygens (including phenoxy) is 1. The van der Waals surface area contributed by atoms with Gasteiger partial charge in [0.25, 0.3) is 5.91 Å². The van der Waals surface area contributed by atoms with Crippen molar-refractivity contribution in [3.05, 3.63) is 40.0 Å². The van der Waals surface area contributed by atoms with E-state index in [0.717, 1.165) is 19.4 Å². The first-order valence-corrected chi connectivity index (χ1v) is 7.71. The number of aromatic nitrogens is 1. The van der Waals surface area contributed by atoms with Crippen LogP contribution in [0.25, 0.3) is 11.3 Å². The molecule has 0 spiro atoms. The minimum Gasteiger partial charge on any atom is -0.376 e. The number of amides is 1. The molecule has 0 radical (unpaired) electrons. The zero-order chi connectivity index (χ0) is 15.5. The van der Waals surface area contributed by atoms with E-state index in [1.807, 2.05) is 0 Å². The van der Waals surface area contributed by atoms with Crippen LogP contribution in [0.15, 0.2) is 28.8 Å². The van der Waals surface area contributed by atoms with E-state index in [1.54, 1.807) is 24.3 Å². The van der Waals surface area contributed by atoms with Gasteiger partial charge >= 0.3 is 0 Å². The summed E-state index contributed by atoms with van der Waals surface area (Å²) >= 11 is 12.0. The highest BCUT2D eigenvalue weighted by molar-refractivity contribution is 6.36. The molecular formula is C15H14Cl2N2O3. The third-order valence-electron chi connectivity index (χ3n) is 3.45. The molecular weight excluding hydrogens is 327 g/mol. The van der Waals surface area contributed by atoms with Crippen LogP contribution >= 0.6 is 23.2 Å². The van der Waals surface area contributed by atoms with Gasteiger partial charge in [0.2, 0.25) is 0 Å². The van der Waals surface area contributed by atoms with Crippen LogP contribution in [0.3, 0.4) is 0 Å². The van der Waals surface area contributed by atoms with Gasteiger partial charge in [-0.25, -0.2) is 0 Å². The number of rotatable bonds is 4. The molecule has 1 N–H and O–H groups in total. The maximum atomic E-state index is 12.0. The Morgan fingerprint density at radius 1 is 1.36 bits per heavy atom. The first kappa shape index (κ1) is 15.3. The molecule has 0 saturated carbocycles. The van der Waals surface area contributed by atoms with Crippen LogP contribution in [0, 0.1) is 0 Å². The van der Waals surface area contributed by atoms with Gasteiger partial charge in [0, 0.05) is 29.8 Å². The van der Waals surface area contributed by atoms with Gasteiger partial charge < -0.3 is 14.6 Å². The van der Waals surface area contributed by atoms with E-state index in [0.29, 0.717) is 27.9 Å². The summed E-state index contributed by atoms with van der Waals surface area (Å²) in [5, 5.41) is 7.54. The molecule has 1 fully saturated rings. The predicted octanol–water partition coefficient (Wildman–Crippen LogP) is 3.56. The van der Waals surface area contributed by atoms with Crippen molar-refractivity contribution in [1.82, 2.24) is 10.5 Å². The standard InChI is InChI=1S/C15H14Cl2N2O3/c16-9-3-4-11(12(17)6-9)14-7-13(19-22-14)15(20)18-8-10-2-1-5-21-10/h3-4,6-7,10H,1-2,5,8H2,(H,18,20)/t10-/m0/s1. The van der Waals surface area contributed by atoms with Crippen molar-refractivity contribution in [3.8, 4) is 11.3 Å². The van der Waals surface area contributed by atoms with Gasteiger partial charge in [0.15, 0.2) is 11.5 Å². The lowest BCUT2D eigenvalue weighted by atomic mass is 10.1. The molecule has 2 aromatic rings. The summed E-state index contributed by atoms with van der Waals surface area (Å²) in [6.45, 7) is 1.23. The van der Waals surface area contributed by atoms with Crippen LogP contribution in [0.4, 0.5) is 0 Å². The third-order valence-corrected chi connectivity index (χ3v) is 4.00. The minimum absolute atomic E-state index is 0.0843. The number of carbonyl (C=O) groups excluding carboxylic acids is 1. The fraction of sp³-hybridized carbons (Fsp3) is 0.333. The van der Waals surface area contributed by atoms with Gasteiger partial charge in [-0.3, -0.25) is 4.79 Å². The van der Waals surface area contributed by atoms with E-state index in [2.05, 4.69) is 10.5 Å². The van der Waals surface area contributed by atoms with Crippen LogP contribution < -0.4 is 5.32 Å². The van der Waals surface area contributed by atoms with Crippen molar-refractivity contribution in [2.24, 2.45) is 0 Å². The van der Waals surface area contributed by atoms with Crippen molar-refractivity contribution >= 4 is 29.1 Å². The summed E-state index contributed by atoms with van der Waals surface area (Å²) in [6, 6.07) is 6.58. The van der Waals surface area contributed by atoms with Gasteiger partial charge in [-0.2, -0.15) is 0 Å². The maximum Gasteiger partial charge on any atom is 0.273 e. The average molecular weight is 341 g/mol. The molecule has 0 aliphatic carbocycles.